The Morgan fingerprint density at radius 2 is 1.68 bits per heavy atom. The molecule has 0 bridgehead atoms. The minimum atomic E-state index is -0.596. The minimum Gasteiger partial charge on any atom is -0.295 e. The zero-order chi connectivity index (χ0) is 18.2. The van der Waals surface area contributed by atoms with E-state index in [4.69, 9.17) is 0 Å². The number of para-hydroxylation sites is 2. The van der Waals surface area contributed by atoms with E-state index in [1.807, 2.05) is 48.5 Å². The Morgan fingerprint density at radius 3 is 2.32 bits per heavy atom. The highest BCUT2D eigenvalue weighted by molar-refractivity contribution is 5.99. The van der Waals surface area contributed by atoms with Crippen LogP contribution in [-0.2, 0) is 5.41 Å². The molecule has 0 saturated heterocycles. The number of hydrogen-bond donors (Lipinski definition) is 0. The Kier molecular flexibility index (Phi) is 4.29. The van der Waals surface area contributed by atoms with E-state index in [1.165, 1.54) is 16.3 Å². The van der Waals surface area contributed by atoms with Gasteiger partial charge in [-0.25, -0.2) is 4.98 Å². The normalized spacial score (nSPS) is 13.0. The molecule has 4 heteroatoms. The van der Waals surface area contributed by atoms with Gasteiger partial charge in [0.15, 0.2) is 5.78 Å². The van der Waals surface area contributed by atoms with Crippen molar-refractivity contribution in [1.29, 1.82) is 0 Å². The summed E-state index contributed by atoms with van der Waals surface area (Å²) in [5.41, 5.74) is 2.90. The summed E-state index contributed by atoms with van der Waals surface area (Å²) in [5.74, 6) is -0.0843. The van der Waals surface area contributed by atoms with Gasteiger partial charge in [-0.1, -0.05) is 57.2 Å². The second-order valence-corrected chi connectivity index (χ2v) is 7.32. The van der Waals surface area contributed by atoms with Gasteiger partial charge in [0.05, 0.1) is 23.3 Å². The molecule has 0 aliphatic heterocycles. The molecule has 0 aliphatic carbocycles. The molecule has 3 aromatic rings. The van der Waals surface area contributed by atoms with Gasteiger partial charge in [0.2, 0.25) is 0 Å². The maximum atomic E-state index is 12.9. The van der Waals surface area contributed by atoms with E-state index >= 15 is 0 Å². The Labute approximate surface area is 147 Å². The molecule has 0 N–H and O–H groups in total. The van der Waals surface area contributed by atoms with Crippen LogP contribution < -0.4 is 5.56 Å². The van der Waals surface area contributed by atoms with Gasteiger partial charge in [-0.2, -0.15) is 0 Å². The zero-order valence-corrected chi connectivity index (χ0v) is 15.0. The van der Waals surface area contributed by atoms with Gasteiger partial charge in [0.25, 0.3) is 5.56 Å². The summed E-state index contributed by atoms with van der Waals surface area (Å²) in [7, 11) is 0. The topological polar surface area (TPSA) is 52.0 Å². The number of aromatic nitrogens is 2. The first-order valence-electron chi connectivity index (χ1n) is 8.40. The number of fused-ring (bicyclic) bond motifs is 1. The molecule has 1 atom stereocenters. The quantitative estimate of drug-likeness (QED) is 0.677. The lowest BCUT2D eigenvalue weighted by molar-refractivity contribution is 0.0935. The Balaban J connectivity index is 2.01. The predicted octanol–water partition coefficient (Wildman–Crippen LogP) is 4.14. The van der Waals surface area contributed by atoms with Crippen LogP contribution >= 0.6 is 0 Å². The first kappa shape index (κ1) is 17.1. The van der Waals surface area contributed by atoms with Crippen LogP contribution in [-0.4, -0.2) is 15.3 Å². The van der Waals surface area contributed by atoms with Crippen LogP contribution in [0.4, 0.5) is 0 Å². The van der Waals surface area contributed by atoms with Crippen molar-refractivity contribution in [1.82, 2.24) is 9.55 Å². The fourth-order valence-electron chi connectivity index (χ4n) is 2.98. The van der Waals surface area contributed by atoms with Crippen molar-refractivity contribution in [3.05, 3.63) is 76.2 Å². The molecule has 0 spiro atoms. The fourth-order valence-corrected chi connectivity index (χ4v) is 2.98. The molecule has 3 rings (SSSR count). The van der Waals surface area contributed by atoms with Gasteiger partial charge in [0.1, 0.15) is 0 Å². The summed E-state index contributed by atoms with van der Waals surface area (Å²) in [6.07, 6.45) is 1.27. The third-order valence-corrected chi connectivity index (χ3v) is 4.49. The van der Waals surface area contributed by atoms with Crippen molar-refractivity contribution in [3.8, 4) is 0 Å². The van der Waals surface area contributed by atoms with Crippen LogP contribution in [0.1, 0.15) is 49.7 Å². The molecule has 1 heterocycles. The monoisotopic (exact) mass is 334 g/mol. The van der Waals surface area contributed by atoms with E-state index in [0.717, 1.165) is 0 Å². The van der Waals surface area contributed by atoms with Crippen molar-refractivity contribution >= 4 is 16.8 Å². The van der Waals surface area contributed by atoms with Crippen molar-refractivity contribution in [2.45, 2.75) is 39.2 Å². The van der Waals surface area contributed by atoms with Gasteiger partial charge in [0, 0.05) is 5.56 Å². The van der Waals surface area contributed by atoms with Crippen LogP contribution in [0.5, 0.6) is 0 Å². The molecule has 4 nitrogen and oxygen atoms in total. The largest absolute Gasteiger partial charge is 0.295 e. The first-order valence-corrected chi connectivity index (χ1v) is 8.40. The van der Waals surface area contributed by atoms with Gasteiger partial charge < -0.3 is 0 Å². The molecule has 1 unspecified atom stereocenters. The highest BCUT2D eigenvalue weighted by atomic mass is 16.1. The molecule has 1 aromatic heterocycles. The molecule has 0 saturated carbocycles. The van der Waals surface area contributed by atoms with E-state index in [9.17, 15) is 9.59 Å². The third kappa shape index (κ3) is 3.25. The lowest BCUT2D eigenvalue weighted by Crippen LogP contribution is -2.28. The lowest BCUT2D eigenvalue weighted by Gasteiger charge is -2.20. The number of carbonyl (C=O) groups excluding carboxylic acids is 1. The van der Waals surface area contributed by atoms with Crippen molar-refractivity contribution < 1.29 is 4.79 Å². The summed E-state index contributed by atoms with van der Waals surface area (Å²) in [5, 5.41) is 0. The maximum absolute atomic E-state index is 12.9. The van der Waals surface area contributed by atoms with Gasteiger partial charge in [-0.3, -0.25) is 14.2 Å². The molecule has 0 amide bonds. The highest BCUT2D eigenvalue weighted by Gasteiger charge is 2.21. The van der Waals surface area contributed by atoms with Crippen LogP contribution in [0.2, 0.25) is 0 Å². The summed E-state index contributed by atoms with van der Waals surface area (Å²) >= 11 is 0. The molecule has 25 heavy (non-hydrogen) atoms. The smallest absolute Gasteiger partial charge is 0.270 e. The van der Waals surface area contributed by atoms with Crippen molar-refractivity contribution in [3.63, 3.8) is 0 Å². The number of Topliss-reactive ketones (excluding diaryl/α,β-unsaturated/α-hetero) is 1. The number of nitrogens with zero attached hydrogens (tertiary/aromatic N) is 2. The molecule has 0 aliphatic rings. The van der Waals surface area contributed by atoms with Crippen LogP contribution in [0.3, 0.4) is 0 Å². The van der Waals surface area contributed by atoms with E-state index in [1.54, 1.807) is 6.92 Å². The maximum Gasteiger partial charge on any atom is 0.270 e. The van der Waals surface area contributed by atoms with E-state index in [2.05, 4.69) is 25.8 Å². The number of hydrogen-bond acceptors (Lipinski definition) is 3. The summed E-state index contributed by atoms with van der Waals surface area (Å²) < 4.78 is 1.52. The Hall–Kier alpha value is -2.75. The second kappa shape index (κ2) is 6.28. The lowest BCUT2D eigenvalue weighted by atomic mass is 9.86. The van der Waals surface area contributed by atoms with Gasteiger partial charge >= 0.3 is 0 Å². The van der Waals surface area contributed by atoms with Crippen LogP contribution in [0, 0.1) is 0 Å². The number of ketones is 1. The number of benzene rings is 2. The standard InChI is InChI=1S/C21H22N2O2/c1-14(20(25)15-9-11-16(12-10-15)21(2,3)4)23-18-8-6-5-7-17(18)22-13-19(23)24/h5-14H,1-4H3. The van der Waals surface area contributed by atoms with Gasteiger partial charge in [-0.15, -0.1) is 0 Å². The molecule has 2 aromatic carbocycles. The second-order valence-electron chi connectivity index (χ2n) is 7.32. The van der Waals surface area contributed by atoms with Crippen molar-refractivity contribution in [2.75, 3.05) is 0 Å². The van der Waals surface area contributed by atoms with Crippen molar-refractivity contribution in [2.24, 2.45) is 0 Å². The third-order valence-electron chi connectivity index (χ3n) is 4.49. The highest BCUT2D eigenvalue weighted by Crippen LogP contribution is 2.24. The molecule has 0 fully saturated rings. The Morgan fingerprint density at radius 1 is 1.04 bits per heavy atom. The molecular weight excluding hydrogens is 312 g/mol. The first-order chi connectivity index (χ1) is 11.8. The molecule has 128 valence electrons. The summed E-state index contributed by atoms with van der Waals surface area (Å²) in [6, 6.07) is 14.4. The minimum absolute atomic E-state index is 0.0332. The number of rotatable bonds is 3. The number of carbonyl (C=O) groups is 1. The van der Waals surface area contributed by atoms with E-state index in [-0.39, 0.29) is 16.8 Å². The van der Waals surface area contributed by atoms with E-state index < -0.39 is 6.04 Å². The fraction of sp³-hybridized carbons (Fsp3) is 0.286. The van der Waals surface area contributed by atoms with Crippen LogP contribution in [0.15, 0.2) is 59.5 Å². The summed E-state index contributed by atoms with van der Waals surface area (Å²) in [4.78, 5) is 29.4. The Bertz CT molecular complexity index is 979. The van der Waals surface area contributed by atoms with E-state index in [0.29, 0.717) is 16.6 Å². The molecule has 0 radical (unpaired) electrons. The van der Waals surface area contributed by atoms with Gasteiger partial charge in [-0.05, 0) is 30.0 Å². The summed E-state index contributed by atoms with van der Waals surface area (Å²) in [6.45, 7) is 8.16. The average Bonchev–Trinajstić information content (AvgIpc) is 2.60. The van der Waals surface area contributed by atoms with Crippen LogP contribution in [0.25, 0.3) is 11.0 Å². The zero-order valence-electron chi connectivity index (χ0n) is 15.0. The molecular formula is C21H22N2O2. The predicted molar refractivity (Wildman–Crippen MR) is 100 cm³/mol. The SMILES string of the molecule is CC(C(=O)c1ccc(C(C)(C)C)cc1)n1c(=O)cnc2ccccc21. The average molecular weight is 334 g/mol.